The van der Waals surface area contributed by atoms with Crippen LogP contribution < -0.4 is 4.74 Å². The Hall–Kier alpha value is -2.57. The number of carbonyl (C=O) groups is 2. The number of aliphatic carboxylic acids is 1. The highest BCUT2D eigenvalue weighted by Crippen LogP contribution is 2.22. The van der Waals surface area contributed by atoms with Crippen LogP contribution in [0.3, 0.4) is 0 Å². The fraction of sp³-hybridized carbons (Fsp3) is 0.263. The van der Waals surface area contributed by atoms with Crippen LogP contribution in [0.5, 0.6) is 5.75 Å². The second-order valence-electron chi connectivity index (χ2n) is 5.86. The molecule has 1 unspecified atom stereocenters. The van der Waals surface area contributed by atoms with Crippen molar-refractivity contribution in [3.05, 3.63) is 64.7 Å². The summed E-state index contributed by atoms with van der Waals surface area (Å²) in [6.45, 7) is 0.840. The molecule has 0 spiro atoms. The van der Waals surface area contributed by atoms with Gasteiger partial charge in [0.05, 0.1) is 18.7 Å². The first-order valence-electron chi connectivity index (χ1n) is 8.14. The van der Waals surface area contributed by atoms with E-state index in [4.69, 9.17) is 26.2 Å². The molecule has 2 aromatic rings. The minimum atomic E-state index is -1.07. The van der Waals surface area contributed by atoms with Crippen molar-refractivity contribution in [3.8, 4) is 5.75 Å². The molecule has 1 N–H and O–H groups in total. The molecule has 3 rings (SSSR count). The van der Waals surface area contributed by atoms with Crippen LogP contribution in [-0.4, -0.2) is 47.7 Å². The number of hydrogen-bond donors (Lipinski definition) is 1. The summed E-state index contributed by atoms with van der Waals surface area (Å²) in [4.78, 5) is 25.4. The molecule has 0 saturated carbocycles. The molecule has 7 heteroatoms. The van der Waals surface area contributed by atoms with Crippen LogP contribution in [0.1, 0.15) is 15.9 Å². The van der Waals surface area contributed by atoms with Crippen molar-refractivity contribution in [1.29, 1.82) is 0 Å². The van der Waals surface area contributed by atoms with E-state index in [9.17, 15) is 9.59 Å². The average molecular weight is 376 g/mol. The molecule has 2 aromatic carbocycles. The molecule has 1 saturated heterocycles. The number of carboxylic acid groups (broad SMARTS) is 1. The number of ether oxygens (including phenoxy) is 2. The van der Waals surface area contributed by atoms with Crippen molar-refractivity contribution in [2.24, 2.45) is 0 Å². The Labute approximate surface area is 155 Å². The molecule has 1 atom stereocenters. The molecular formula is C19H18ClNO5. The number of amides is 1. The van der Waals surface area contributed by atoms with Gasteiger partial charge in [0.25, 0.3) is 5.91 Å². The first-order chi connectivity index (χ1) is 12.5. The molecule has 6 nitrogen and oxygen atoms in total. The van der Waals surface area contributed by atoms with Crippen molar-refractivity contribution in [2.45, 2.75) is 12.7 Å². The van der Waals surface area contributed by atoms with Crippen LogP contribution in [0.15, 0.2) is 48.5 Å². The lowest BCUT2D eigenvalue weighted by molar-refractivity contribution is -0.154. The van der Waals surface area contributed by atoms with Crippen LogP contribution in [0, 0.1) is 0 Å². The lowest BCUT2D eigenvalue weighted by atomic mass is 10.1. The smallest absolute Gasteiger partial charge is 0.334 e. The number of morpholine rings is 1. The molecule has 0 radical (unpaired) electrons. The minimum absolute atomic E-state index is 0.0136. The van der Waals surface area contributed by atoms with Gasteiger partial charge in [-0.05, 0) is 29.8 Å². The molecule has 1 aliphatic heterocycles. The molecule has 1 amide bonds. The first-order valence-corrected chi connectivity index (χ1v) is 8.52. The van der Waals surface area contributed by atoms with Gasteiger partial charge in [-0.2, -0.15) is 0 Å². The number of nitrogens with zero attached hydrogens (tertiary/aromatic N) is 1. The zero-order chi connectivity index (χ0) is 18.5. The van der Waals surface area contributed by atoms with Crippen LogP contribution in [0.2, 0.25) is 5.02 Å². The lowest BCUT2D eigenvalue weighted by Crippen LogP contribution is -2.48. The standard InChI is InChI=1S/C19H18ClNO5/c20-14-7-5-13(6-8-14)12-26-16-4-2-1-3-15(16)18(22)21-9-10-25-17(11-21)19(23)24/h1-8,17H,9-12H2,(H,23,24). The summed E-state index contributed by atoms with van der Waals surface area (Å²) < 4.78 is 11.0. The Morgan fingerprint density at radius 2 is 1.92 bits per heavy atom. The number of hydrogen-bond acceptors (Lipinski definition) is 4. The number of rotatable bonds is 5. The highest BCUT2D eigenvalue weighted by Gasteiger charge is 2.30. The summed E-state index contributed by atoms with van der Waals surface area (Å²) in [5, 5.41) is 9.74. The zero-order valence-corrected chi connectivity index (χ0v) is 14.7. The van der Waals surface area contributed by atoms with E-state index < -0.39 is 12.1 Å². The first kappa shape index (κ1) is 18.2. The molecule has 26 heavy (non-hydrogen) atoms. The van der Waals surface area contributed by atoms with Gasteiger partial charge in [0.15, 0.2) is 6.10 Å². The summed E-state index contributed by atoms with van der Waals surface area (Å²) in [7, 11) is 0. The van der Waals surface area contributed by atoms with Crippen molar-refractivity contribution in [2.75, 3.05) is 19.7 Å². The molecule has 0 aromatic heterocycles. The van der Waals surface area contributed by atoms with Gasteiger partial charge in [-0.1, -0.05) is 35.9 Å². The van der Waals surface area contributed by atoms with Gasteiger partial charge in [0.2, 0.25) is 0 Å². The van der Waals surface area contributed by atoms with E-state index in [1.165, 1.54) is 4.90 Å². The van der Waals surface area contributed by atoms with E-state index in [1.54, 1.807) is 36.4 Å². The third-order valence-corrected chi connectivity index (χ3v) is 4.31. The third-order valence-electron chi connectivity index (χ3n) is 4.05. The van der Waals surface area contributed by atoms with E-state index in [2.05, 4.69) is 0 Å². The van der Waals surface area contributed by atoms with E-state index in [0.717, 1.165) is 5.56 Å². The molecule has 1 heterocycles. The summed E-state index contributed by atoms with van der Waals surface area (Å²) in [5.41, 5.74) is 1.32. The molecule has 0 bridgehead atoms. The number of para-hydroxylation sites is 1. The van der Waals surface area contributed by atoms with Crippen LogP contribution in [-0.2, 0) is 16.1 Å². The average Bonchev–Trinajstić information content (AvgIpc) is 2.67. The molecule has 136 valence electrons. The van der Waals surface area contributed by atoms with Gasteiger partial charge in [0, 0.05) is 11.6 Å². The Balaban J connectivity index is 1.72. The zero-order valence-electron chi connectivity index (χ0n) is 13.9. The van der Waals surface area contributed by atoms with Crippen molar-refractivity contribution in [3.63, 3.8) is 0 Å². The van der Waals surface area contributed by atoms with E-state index in [-0.39, 0.29) is 19.1 Å². The van der Waals surface area contributed by atoms with E-state index >= 15 is 0 Å². The quantitative estimate of drug-likeness (QED) is 0.869. The highest BCUT2D eigenvalue weighted by molar-refractivity contribution is 6.30. The van der Waals surface area contributed by atoms with Gasteiger partial charge < -0.3 is 19.5 Å². The second kappa shape index (κ2) is 8.21. The van der Waals surface area contributed by atoms with Crippen molar-refractivity contribution < 1.29 is 24.2 Å². The van der Waals surface area contributed by atoms with Gasteiger partial charge in [-0.3, -0.25) is 4.79 Å². The fourth-order valence-electron chi connectivity index (χ4n) is 2.66. The Kier molecular flexibility index (Phi) is 5.75. The highest BCUT2D eigenvalue weighted by atomic mass is 35.5. The Morgan fingerprint density at radius 1 is 1.19 bits per heavy atom. The second-order valence-corrected chi connectivity index (χ2v) is 6.30. The van der Waals surface area contributed by atoms with Crippen LogP contribution in [0.4, 0.5) is 0 Å². The lowest BCUT2D eigenvalue weighted by Gasteiger charge is -2.31. The van der Waals surface area contributed by atoms with Crippen molar-refractivity contribution >= 4 is 23.5 Å². The maximum atomic E-state index is 12.8. The van der Waals surface area contributed by atoms with E-state index in [1.807, 2.05) is 12.1 Å². The summed E-state index contributed by atoms with van der Waals surface area (Å²) in [6.07, 6.45) is -1.00. The number of benzene rings is 2. The number of halogens is 1. The molecular weight excluding hydrogens is 358 g/mol. The van der Waals surface area contributed by atoms with Gasteiger partial charge in [-0.25, -0.2) is 4.79 Å². The van der Waals surface area contributed by atoms with Gasteiger partial charge >= 0.3 is 5.97 Å². The Bertz CT molecular complexity index is 793. The SMILES string of the molecule is O=C(O)C1CN(C(=O)c2ccccc2OCc2ccc(Cl)cc2)CCO1. The third kappa shape index (κ3) is 4.33. The Morgan fingerprint density at radius 3 is 2.65 bits per heavy atom. The number of carboxylic acids is 1. The largest absolute Gasteiger partial charge is 0.488 e. The monoisotopic (exact) mass is 375 g/mol. The maximum absolute atomic E-state index is 12.8. The molecule has 0 aliphatic carbocycles. The predicted octanol–water partition coefficient (Wildman–Crippen LogP) is 2.84. The number of carbonyl (C=O) groups excluding carboxylic acids is 1. The van der Waals surface area contributed by atoms with Crippen LogP contribution in [0.25, 0.3) is 0 Å². The summed E-state index contributed by atoms with van der Waals surface area (Å²) in [6, 6.07) is 14.2. The van der Waals surface area contributed by atoms with Crippen LogP contribution >= 0.6 is 11.6 Å². The van der Waals surface area contributed by atoms with E-state index in [0.29, 0.717) is 29.5 Å². The van der Waals surface area contributed by atoms with Gasteiger partial charge in [-0.15, -0.1) is 0 Å². The van der Waals surface area contributed by atoms with Crippen molar-refractivity contribution in [1.82, 2.24) is 4.90 Å². The topological polar surface area (TPSA) is 76.1 Å². The summed E-state index contributed by atoms with van der Waals surface area (Å²) >= 11 is 5.87. The molecule has 1 aliphatic rings. The maximum Gasteiger partial charge on any atom is 0.334 e. The minimum Gasteiger partial charge on any atom is -0.488 e. The van der Waals surface area contributed by atoms with Gasteiger partial charge in [0.1, 0.15) is 12.4 Å². The molecule has 1 fully saturated rings. The predicted molar refractivity (Wildman–Crippen MR) is 95.5 cm³/mol. The fourth-order valence-corrected chi connectivity index (χ4v) is 2.79. The summed E-state index contributed by atoms with van der Waals surface area (Å²) in [5.74, 6) is -0.896. The normalized spacial score (nSPS) is 17.0.